The lowest BCUT2D eigenvalue weighted by atomic mass is 9.80. The number of benzene rings is 1. The van der Waals surface area contributed by atoms with Crippen LogP contribution in [0.4, 0.5) is 5.69 Å². The van der Waals surface area contributed by atoms with Gasteiger partial charge in [0.1, 0.15) is 6.10 Å². The monoisotopic (exact) mass is 261 g/mol. The molecule has 3 heteroatoms. The van der Waals surface area contributed by atoms with E-state index in [1.54, 1.807) is 6.07 Å². The highest BCUT2D eigenvalue weighted by Gasteiger charge is 2.27. The Morgan fingerprint density at radius 2 is 1.95 bits per heavy atom. The fourth-order valence-corrected chi connectivity index (χ4v) is 2.76. The maximum absolute atomic E-state index is 12.1. The molecule has 3 unspecified atom stereocenters. The first-order chi connectivity index (χ1) is 8.95. The average Bonchev–Trinajstić information content (AvgIpc) is 2.32. The van der Waals surface area contributed by atoms with E-state index in [2.05, 4.69) is 13.8 Å². The minimum atomic E-state index is -0.248. The van der Waals surface area contributed by atoms with E-state index in [4.69, 9.17) is 10.5 Å². The fraction of sp³-hybridized carbons (Fsp3) is 0.562. The lowest BCUT2D eigenvalue weighted by Crippen LogP contribution is -2.28. The zero-order valence-corrected chi connectivity index (χ0v) is 12.0. The Bertz CT molecular complexity index is 450. The molecule has 3 nitrogen and oxygen atoms in total. The standard InChI is InChI=1S/C16H23NO2/c1-10-6-13(9-14(17)7-10)16(18)19-15-5-4-11(2)12(3)8-15/h6-7,9,11-12,15H,4-5,8,17H2,1-3H3. The van der Waals surface area contributed by atoms with E-state index in [9.17, 15) is 4.79 Å². The lowest BCUT2D eigenvalue weighted by molar-refractivity contribution is 0.00878. The molecular weight excluding hydrogens is 238 g/mol. The fourth-order valence-electron chi connectivity index (χ4n) is 2.76. The van der Waals surface area contributed by atoms with Crippen LogP contribution in [0.5, 0.6) is 0 Å². The molecule has 1 aliphatic rings. The molecule has 0 saturated heterocycles. The summed E-state index contributed by atoms with van der Waals surface area (Å²) in [6.07, 6.45) is 3.13. The molecule has 0 aromatic heterocycles. The molecule has 104 valence electrons. The number of carbonyl (C=O) groups excluding carboxylic acids is 1. The zero-order valence-electron chi connectivity index (χ0n) is 12.0. The zero-order chi connectivity index (χ0) is 14.0. The molecule has 1 aromatic rings. The Kier molecular flexibility index (Phi) is 4.13. The van der Waals surface area contributed by atoms with E-state index >= 15 is 0 Å². The van der Waals surface area contributed by atoms with Crippen LogP contribution >= 0.6 is 0 Å². The van der Waals surface area contributed by atoms with Crippen LogP contribution in [-0.2, 0) is 4.74 Å². The summed E-state index contributed by atoms with van der Waals surface area (Å²) in [5, 5.41) is 0. The summed E-state index contributed by atoms with van der Waals surface area (Å²) in [7, 11) is 0. The van der Waals surface area contributed by atoms with Crippen LogP contribution in [-0.4, -0.2) is 12.1 Å². The molecule has 19 heavy (non-hydrogen) atoms. The van der Waals surface area contributed by atoms with Gasteiger partial charge in [0.15, 0.2) is 0 Å². The molecule has 2 N–H and O–H groups in total. The van der Waals surface area contributed by atoms with Crippen LogP contribution < -0.4 is 5.73 Å². The number of aryl methyl sites for hydroxylation is 1. The van der Waals surface area contributed by atoms with Crippen molar-refractivity contribution in [3.8, 4) is 0 Å². The van der Waals surface area contributed by atoms with Crippen molar-refractivity contribution < 1.29 is 9.53 Å². The highest BCUT2D eigenvalue weighted by atomic mass is 16.5. The van der Waals surface area contributed by atoms with E-state index in [1.165, 1.54) is 0 Å². The number of hydrogen-bond donors (Lipinski definition) is 1. The second-order valence-corrected chi connectivity index (χ2v) is 5.93. The van der Waals surface area contributed by atoms with Gasteiger partial charge in [-0.2, -0.15) is 0 Å². The molecule has 1 aliphatic carbocycles. The highest BCUT2D eigenvalue weighted by molar-refractivity contribution is 5.90. The molecule has 2 rings (SSSR count). The Morgan fingerprint density at radius 1 is 1.21 bits per heavy atom. The third-order valence-corrected chi connectivity index (χ3v) is 4.16. The minimum absolute atomic E-state index is 0.0560. The van der Waals surface area contributed by atoms with Crippen LogP contribution in [0.2, 0.25) is 0 Å². The maximum Gasteiger partial charge on any atom is 0.338 e. The van der Waals surface area contributed by atoms with Crippen molar-refractivity contribution in [1.29, 1.82) is 0 Å². The van der Waals surface area contributed by atoms with Gasteiger partial charge in [-0.3, -0.25) is 0 Å². The first kappa shape index (κ1) is 13.9. The Morgan fingerprint density at radius 3 is 2.58 bits per heavy atom. The van der Waals surface area contributed by atoms with Crippen LogP contribution in [0.1, 0.15) is 49.0 Å². The molecule has 0 heterocycles. The summed E-state index contributed by atoms with van der Waals surface area (Å²) < 4.78 is 5.61. The van der Waals surface area contributed by atoms with E-state index < -0.39 is 0 Å². The van der Waals surface area contributed by atoms with Gasteiger partial charge in [0, 0.05) is 5.69 Å². The first-order valence-corrected chi connectivity index (χ1v) is 7.04. The van der Waals surface area contributed by atoms with Gasteiger partial charge in [0.25, 0.3) is 0 Å². The van der Waals surface area contributed by atoms with Crippen molar-refractivity contribution in [3.63, 3.8) is 0 Å². The molecule has 0 aliphatic heterocycles. The first-order valence-electron chi connectivity index (χ1n) is 7.04. The summed E-state index contributed by atoms with van der Waals surface area (Å²) in [5.41, 5.74) is 7.91. The predicted octanol–water partition coefficient (Wildman–Crippen LogP) is 3.56. The van der Waals surface area contributed by atoms with Gasteiger partial charge in [-0.05, 0) is 61.8 Å². The number of anilines is 1. The van der Waals surface area contributed by atoms with E-state index in [0.717, 1.165) is 30.7 Å². The van der Waals surface area contributed by atoms with Gasteiger partial charge >= 0.3 is 5.97 Å². The minimum Gasteiger partial charge on any atom is -0.459 e. The molecule has 1 fully saturated rings. The quantitative estimate of drug-likeness (QED) is 0.654. The van der Waals surface area contributed by atoms with E-state index in [1.807, 2.05) is 19.1 Å². The Balaban J connectivity index is 2.01. The van der Waals surface area contributed by atoms with Crippen molar-refractivity contribution in [2.45, 2.75) is 46.1 Å². The van der Waals surface area contributed by atoms with Gasteiger partial charge in [0.05, 0.1) is 5.56 Å². The third-order valence-electron chi connectivity index (χ3n) is 4.16. The van der Waals surface area contributed by atoms with Gasteiger partial charge in [-0.1, -0.05) is 13.8 Å². The normalized spacial score (nSPS) is 27.0. The van der Waals surface area contributed by atoms with Crippen LogP contribution in [0.15, 0.2) is 18.2 Å². The smallest absolute Gasteiger partial charge is 0.338 e. The summed E-state index contributed by atoms with van der Waals surface area (Å²) in [5.74, 6) is 1.10. The van der Waals surface area contributed by atoms with Crippen molar-refractivity contribution in [3.05, 3.63) is 29.3 Å². The Hall–Kier alpha value is -1.51. The molecular formula is C16H23NO2. The van der Waals surface area contributed by atoms with Crippen molar-refractivity contribution >= 4 is 11.7 Å². The third kappa shape index (κ3) is 3.49. The van der Waals surface area contributed by atoms with Gasteiger partial charge in [-0.25, -0.2) is 4.79 Å². The number of carbonyl (C=O) groups is 1. The van der Waals surface area contributed by atoms with Gasteiger partial charge in [0.2, 0.25) is 0 Å². The van der Waals surface area contributed by atoms with Crippen LogP contribution in [0, 0.1) is 18.8 Å². The van der Waals surface area contributed by atoms with Crippen LogP contribution in [0.25, 0.3) is 0 Å². The molecule has 0 spiro atoms. The van der Waals surface area contributed by atoms with E-state index in [0.29, 0.717) is 17.2 Å². The average molecular weight is 261 g/mol. The van der Waals surface area contributed by atoms with Gasteiger partial charge in [-0.15, -0.1) is 0 Å². The molecule has 0 bridgehead atoms. The summed E-state index contributed by atoms with van der Waals surface area (Å²) in [6, 6.07) is 5.36. The number of esters is 1. The predicted molar refractivity (Wildman–Crippen MR) is 77.0 cm³/mol. The van der Waals surface area contributed by atoms with Crippen molar-refractivity contribution in [2.75, 3.05) is 5.73 Å². The molecule has 1 saturated carbocycles. The second-order valence-electron chi connectivity index (χ2n) is 5.93. The maximum atomic E-state index is 12.1. The Labute approximate surface area is 115 Å². The molecule has 3 atom stereocenters. The number of ether oxygens (including phenoxy) is 1. The largest absolute Gasteiger partial charge is 0.459 e. The lowest BCUT2D eigenvalue weighted by Gasteiger charge is -2.31. The van der Waals surface area contributed by atoms with Crippen molar-refractivity contribution in [2.24, 2.45) is 11.8 Å². The molecule has 1 aromatic carbocycles. The SMILES string of the molecule is Cc1cc(N)cc(C(=O)OC2CCC(C)C(C)C2)c1. The van der Waals surface area contributed by atoms with Gasteiger partial charge < -0.3 is 10.5 Å². The summed E-state index contributed by atoms with van der Waals surface area (Å²) in [4.78, 5) is 12.1. The summed E-state index contributed by atoms with van der Waals surface area (Å²) in [6.45, 7) is 6.43. The number of rotatable bonds is 2. The molecule has 0 amide bonds. The van der Waals surface area contributed by atoms with Crippen LogP contribution in [0.3, 0.4) is 0 Å². The second kappa shape index (κ2) is 5.64. The number of nitrogen functional groups attached to an aromatic ring is 1. The van der Waals surface area contributed by atoms with E-state index in [-0.39, 0.29) is 12.1 Å². The highest BCUT2D eigenvalue weighted by Crippen LogP contribution is 2.31. The summed E-state index contributed by atoms with van der Waals surface area (Å²) >= 11 is 0. The number of hydrogen-bond acceptors (Lipinski definition) is 3. The topological polar surface area (TPSA) is 52.3 Å². The molecule has 0 radical (unpaired) electrons. The van der Waals surface area contributed by atoms with Crippen molar-refractivity contribution in [1.82, 2.24) is 0 Å². The number of nitrogens with two attached hydrogens (primary N) is 1.